The number of ether oxygens (including phenoxy) is 3. The predicted octanol–water partition coefficient (Wildman–Crippen LogP) is 3.82. The highest BCUT2D eigenvalue weighted by Gasteiger charge is 2.35. The van der Waals surface area contributed by atoms with E-state index in [1.54, 1.807) is 7.11 Å². The molecule has 1 saturated heterocycles. The zero-order valence-corrected chi connectivity index (χ0v) is 15.0. The maximum Gasteiger partial charge on any atom is 0.410 e. The monoisotopic (exact) mass is 333 g/mol. The maximum absolute atomic E-state index is 12.2. The molecule has 0 aromatic heterocycles. The van der Waals surface area contributed by atoms with Crippen LogP contribution in [0.5, 0.6) is 11.5 Å². The largest absolute Gasteiger partial charge is 0.497 e. The van der Waals surface area contributed by atoms with Crippen molar-refractivity contribution < 1.29 is 19.0 Å². The van der Waals surface area contributed by atoms with Gasteiger partial charge in [0.15, 0.2) is 0 Å². The number of hydrogen-bond donors (Lipinski definition) is 0. The second-order valence-electron chi connectivity index (χ2n) is 7.63. The first-order valence-electron chi connectivity index (χ1n) is 8.66. The van der Waals surface area contributed by atoms with Gasteiger partial charge >= 0.3 is 6.09 Å². The SMILES string of the molecule is COc1ccc2c(c1)C(C1CCN(C(=O)OC(C)(C)C)CC1)CO2. The third-order valence-corrected chi connectivity index (χ3v) is 4.80. The summed E-state index contributed by atoms with van der Waals surface area (Å²) in [6.45, 7) is 7.91. The molecule has 1 aromatic rings. The molecule has 0 radical (unpaired) electrons. The highest BCUT2D eigenvalue weighted by Crippen LogP contribution is 2.43. The molecule has 0 saturated carbocycles. The number of amides is 1. The van der Waals surface area contributed by atoms with Gasteiger partial charge in [-0.2, -0.15) is 0 Å². The van der Waals surface area contributed by atoms with E-state index in [0.29, 0.717) is 11.8 Å². The van der Waals surface area contributed by atoms with Crippen LogP contribution in [0.2, 0.25) is 0 Å². The van der Waals surface area contributed by atoms with Crippen molar-refractivity contribution in [3.05, 3.63) is 23.8 Å². The molecule has 2 heterocycles. The minimum atomic E-state index is -0.442. The molecule has 0 spiro atoms. The predicted molar refractivity (Wildman–Crippen MR) is 91.8 cm³/mol. The molecule has 1 fully saturated rings. The van der Waals surface area contributed by atoms with Gasteiger partial charge in [-0.15, -0.1) is 0 Å². The van der Waals surface area contributed by atoms with Crippen LogP contribution in [0.25, 0.3) is 0 Å². The fourth-order valence-electron chi connectivity index (χ4n) is 3.54. The molecule has 0 N–H and O–H groups in total. The van der Waals surface area contributed by atoms with E-state index in [2.05, 4.69) is 6.07 Å². The summed E-state index contributed by atoms with van der Waals surface area (Å²) in [5.74, 6) is 2.75. The van der Waals surface area contributed by atoms with Crippen LogP contribution in [0.15, 0.2) is 18.2 Å². The first-order chi connectivity index (χ1) is 11.4. The van der Waals surface area contributed by atoms with Crippen molar-refractivity contribution in [1.29, 1.82) is 0 Å². The molecular formula is C19H27NO4. The average molecular weight is 333 g/mol. The minimum Gasteiger partial charge on any atom is -0.497 e. The van der Waals surface area contributed by atoms with Crippen molar-refractivity contribution in [1.82, 2.24) is 4.90 Å². The van der Waals surface area contributed by atoms with Crippen molar-refractivity contribution in [2.24, 2.45) is 5.92 Å². The molecule has 1 unspecified atom stereocenters. The Morgan fingerprint density at radius 1 is 1.25 bits per heavy atom. The zero-order valence-electron chi connectivity index (χ0n) is 15.0. The van der Waals surface area contributed by atoms with Gasteiger partial charge in [0.2, 0.25) is 0 Å². The van der Waals surface area contributed by atoms with Crippen LogP contribution in [-0.2, 0) is 4.74 Å². The van der Waals surface area contributed by atoms with E-state index < -0.39 is 5.60 Å². The van der Waals surface area contributed by atoms with Crippen molar-refractivity contribution in [3.8, 4) is 11.5 Å². The molecule has 1 aromatic carbocycles. The molecule has 2 aliphatic heterocycles. The standard InChI is InChI=1S/C19H27NO4/c1-19(2,3)24-18(21)20-9-7-13(8-10-20)16-12-23-17-6-5-14(22-4)11-15(16)17/h5-6,11,13,16H,7-10,12H2,1-4H3. The number of likely N-dealkylation sites (tertiary alicyclic amines) is 1. The van der Waals surface area contributed by atoms with Gasteiger partial charge in [-0.1, -0.05) is 0 Å². The van der Waals surface area contributed by atoms with Gasteiger partial charge in [-0.05, 0) is 57.7 Å². The van der Waals surface area contributed by atoms with E-state index in [9.17, 15) is 4.79 Å². The van der Waals surface area contributed by atoms with E-state index in [1.807, 2.05) is 37.8 Å². The number of piperidine rings is 1. The molecule has 1 amide bonds. The number of nitrogens with zero attached hydrogens (tertiary/aromatic N) is 1. The lowest BCUT2D eigenvalue weighted by Crippen LogP contribution is -2.42. The molecule has 5 heteroatoms. The third-order valence-electron chi connectivity index (χ3n) is 4.80. The van der Waals surface area contributed by atoms with Crippen LogP contribution in [-0.4, -0.2) is 43.4 Å². The number of carbonyl (C=O) groups is 1. The molecule has 1 atom stereocenters. The number of hydrogen-bond acceptors (Lipinski definition) is 4. The van der Waals surface area contributed by atoms with Crippen LogP contribution in [0.1, 0.15) is 45.1 Å². The molecule has 132 valence electrons. The lowest BCUT2D eigenvalue weighted by molar-refractivity contribution is 0.0171. The Balaban J connectivity index is 1.62. The smallest absolute Gasteiger partial charge is 0.410 e. The highest BCUT2D eigenvalue weighted by molar-refractivity contribution is 5.68. The number of benzene rings is 1. The normalized spacial score (nSPS) is 21.2. The van der Waals surface area contributed by atoms with Gasteiger partial charge in [0.1, 0.15) is 17.1 Å². The molecule has 5 nitrogen and oxygen atoms in total. The van der Waals surface area contributed by atoms with Gasteiger partial charge < -0.3 is 19.1 Å². The quantitative estimate of drug-likeness (QED) is 0.825. The summed E-state index contributed by atoms with van der Waals surface area (Å²) in [7, 11) is 1.69. The third kappa shape index (κ3) is 3.60. The van der Waals surface area contributed by atoms with Crippen LogP contribution in [0.4, 0.5) is 4.79 Å². The summed E-state index contributed by atoms with van der Waals surface area (Å²) < 4.78 is 16.7. The van der Waals surface area contributed by atoms with Crippen molar-refractivity contribution >= 4 is 6.09 Å². The summed E-state index contributed by atoms with van der Waals surface area (Å²) in [6.07, 6.45) is 1.75. The van der Waals surface area contributed by atoms with Gasteiger partial charge in [0, 0.05) is 24.6 Å². The average Bonchev–Trinajstić information content (AvgIpc) is 2.96. The summed E-state index contributed by atoms with van der Waals surface area (Å²) in [5, 5.41) is 0. The molecule has 0 bridgehead atoms. The first kappa shape index (κ1) is 16.9. The topological polar surface area (TPSA) is 48.0 Å². The second-order valence-corrected chi connectivity index (χ2v) is 7.63. The number of methoxy groups -OCH3 is 1. The number of fused-ring (bicyclic) bond motifs is 1. The van der Waals surface area contributed by atoms with Gasteiger partial charge in [0.25, 0.3) is 0 Å². The molecule has 0 aliphatic carbocycles. The number of rotatable bonds is 2. The summed E-state index contributed by atoms with van der Waals surface area (Å²) in [6, 6.07) is 6.02. The molecular weight excluding hydrogens is 306 g/mol. The summed E-state index contributed by atoms with van der Waals surface area (Å²) in [5.41, 5.74) is 0.799. The fourth-order valence-corrected chi connectivity index (χ4v) is 3.54. The van der Waals surface area contributed by atoms with Crippen molar-refractivity contribution in [3.63, 3.8) is 0 Å². The number of carbonyl (C=O) groups excluding carboxylic acids is 1. The van der Waals surface area contributed by atoms with Gasteiger partial charge in [0.05, 0.1) is 13.7 Å². The van der Waals surface area contributed by atoms with Gasteiger partial charge in [-0.25, -0.2) is 4.79 Å². The molecule has 3 rings (SSSR count). The summed E-state index contributed by atoms with van der Waals surface area (Å²) in [4.78, 5) is 14.0. The Labute approximate surface area is 143 Å². The van der Waals surface area contributed by atoms with Gasteiger partial charge in [-0.3, -0.25) is 0 Å². The Kier molecular flexibility index (Phi) is 4.61. The van der Waals surface area contributed by atoms with Crippen LogP contribution >= 0.6 is 0 Å². The van der Waals surface area contributed by atoms with Crippen molar-refractivity contribution in [2.75, 3.05) is 26.8 Å². The maximum atomic E-state index is 12.2. The summed E-state index contributed by atoms with van der Waals surface area (Å²) >= 11 is 0. The fraction of sp³-hybridized carbons (Fsp3) is 0.632. The van der Waals surface area contributed by atoms with E-state index in [-0.39, 0.29) is 6.09 Å². The minimum absolute atomic E-state index is 0.203. The second kappa shape index (κ2) is 6.54. The lowest BCUT2D eigenvalue weighted by Gasteiger charge is -2.35. The van der Waals surface area contributed by atoms with Crippen molar-refractivity contribution in [2.45, 2.75) is 45.1 Å². The van der Waals surface area contributed by atoms with Crippen LogP contribution < -0.4 is 9.47 Å². The molecule has 24 heavy (non-hydrogen) atoms. The van der Waals surface area contributed by atoms with E-state index in [1.165, 1.54) is 5.56 Å². The Morgan fingerprint density at radius 2 is 1.96 bits per heavy atom. The van der Waals surface area contributed by atoms with Crippen LogP contribution in [0.3, 0.4) is 0 Å². The Morgan fingerprint density at radius 3 is 2.58 bits per heavy atom. The Hall–Kier alpha value is -1.91. The first-order valence-corrected chi connectivity index (χ1v) is 8.66. The molecule has 2 aliphatic rings. The lowest BCUT2D eigenvalue weighted by atomic mass is 9.81. The Bertz CT molecular complexity index is 600. The van der Waals surface area contributed by atoms with Crippen LogP contribution in [0, 0.1) is 5.92 Å². The van der Waals surface area contributed by atoms with E-state index in [0.717, 1.165) is 44.0 Å². The highest BCUT2D eigenvalue weighted by atomic mass is 16.6. The zero-order chi connectivity index (χ0) is 17.3. The van der Waals surface area contributed by atoms with E-state index in [4.69, 9.17) is 14.2 Å². The van der Waals surface area contributed by atoms with E-state index >= 15 is 0 Å².